The van der Waals surface area contributed by atoms with Gasteiger partial charge in [-0.2, -0.15) is 4.98 Å². The molecule has 2 rings (SSSR count). The summed E-state index contributed by atoms with van der Waals surface area (Å²) < 4.78 is 11.7. The van der Waals surface area contributed by atoms with Crippen LogP contribution < -0.4 is 15.0 Å². The number of hydrogen-bond acceptors (Lipinski definition) is 6. The van der Waals surface area contributed by atoms with E-state index in [0.717, 1.165) is 49.8 Å². The van der Waals surface area contributed by atoms with E-state index in [-0.39, 0.29) is 24.0 Å². The lowest BCUT2D eigenvalue weighted by molar-refractivity contribution is 0.116. The van der Waals surface area contributed by atoms with Gasteiger partial charge in [0, 0.05) is 39.3 Å². The van der Waals surface area contributed by atoms with Crippen molar-refractivity contribution in [3.8, 4) is 5.88 Å². The third kappa shape index (κ3) is 7.86. The molecule has 8 nitrogen and oxygen atoms in total. The summed E-state index contributed by atoms with van der Waals surface area (Å²) in [5.74, 6) is 2.74. The van der Waals surface area contributed by atoms with Gasteiger partial charge in [0.1, 0.15) is 0 Å². The first kappa shape index (κ1) is 25.2. The molecule has 160 valence electrons. The number of methoxy groups -OCH3 is 1. The molecule has 10 heteroatoms. The molecule has 1 saturated heterocycles. The molecule has 1 aromatic rings. The second-order valence-corrected chi connectivity index (χ2v) is 7.56. The van der Waals surface area contributed by atoms with E-state index in [1.165, 1.54) is 0 Å². The summed E-state index contributed by atoms with van der Waals surface area (Å²) >= 11 is 3.39. The Labute approximate surface area is 193 Å². The second-order valence-electron chi connectivity index (χ2n) is 6.71. The Morgan fingerprint density at radius 1 is 1.32 bits per heavy atom. The van der Waals surface area contributed by atoms with Crippen LogP contribution in [0.1, 0.15) is 20.8 Å². The van der Waals surface area contributed by atoms with Crippen molar-refractivity contribution in [2.45, 2.75) is 20.8 Å². The standard InChI is InChI=1S/C18H31BrN6O2.HI/c1-5-20-17(21-6-11-27-13-14(2)3)24-7-9-25(10-8-24)18-22-12-15(19)16(23-18)26-4;/h12,14H,5-11,13H2,1-4H3,(H,20,21);1H. The first-order valence-corrected chi connectivity index (χ1v) is 10.3. The summed E-state index contributed by atoms with van der Waals surface area (Å²) in [7, 11) is 1.61. The van der Waals surface area contributed by atoms with Crippen LogP contribution in [0.3, 0.4) is 0 Å². The van der Waals surface area contributed by atoms with E-state index in [0.29, 0.717) is 30.9 Å². The molecule has 1 aromatic heterocycles. The van der Waals surface area contributed by atoms with Crippen LogP contribution >= 0.6 is 39.9 Å². The molecule has 0 atom stereocenters. The lowest BCUT2D eigenvalue weighted by Crippen LogP contribution is -2.53. The van der Waals surface area contributed by atoms with Gasteiger partial charge in [-0.15, -0.1) is 24.0 Å². The van der Waals surface area contributed by atoms with E-state index in [9.17, 15) is 0 Å². The van der Waals surface area contributed by atoms with Gasteiger partial charge in [0.25, 0.3) is 0 Å². The minimum atomic E-state index is 0. The Bertz CT molecular complexity index is 612. The summed E-state index contributed by atoms with van der Waals surface area (Å²) in [6, 6.07) is 0. The Morgan fingerprint density at radius 3 is 2.64 bits per heavy atom. The van der Waals surface area contributed by atoms with Gasteiger partial charge in [0.15, 0.2) is 5.96 Å². The number of rotatable bonds is 8. The smallest absolute Gasteiger partial charge is 0.232 e. The molecular weight excluding hydrogens is 539 g/mol. The number of halogens is 2. The molecule has 1 aliphatic heterocycles. The fourth-order valence-electron chi connectivity index (χ4n) is 2.72. The monoisotopic (exact) mass is 570 g/mol. The van der Waals surface area contributed by atoms with Crippen molar-refractivity contribution in [3.05, 3.63) is 10.7 Å². The van der Waals surface area contributed by atoms with Crippen molar-refractivity contribution in [1.82, 2.24) is 20.2 Å². The van der Waals surface area contributed by atoms with Crippen molar-refractivity contribution in [3.63, 3.8) is 0 Å². The van der Waals surface area contributed by atoms with Gasteiger partial charge in [-0.3, -0.25) is 4.99 Å². The molecule has 1 N–H and O–H groups in total. The van der Waals surface area contributed by atoms with Gasteiger partial charge in [0.2, 0.25) is 11.8 Å². The first-order valence-electron chi connectivity index (χ1n) is 9.47. The molecule has 0 aliphatic carbocycles. The first-order chi connectivity index (χ1) is 13.0. The van der Waals surface area contributed by atoms with Crippen molar-refractivity contribution < 1.29 is 9.47 Å². The van der Waals surface area contributed by atoms with Crippen molar-refractivity contribution >= 4 is 51.8 Å². The summed E-state index contributed by atoms with van der Waals surface area (Å²) in [5, 5.41) is 3.38. The topological polar surface area (TPSA) is 75.1 Å². The van der Waals surface area contributed by atoms with E-state index < -0.39 is 0 Å². The van der Waals surface area contributed by atoms with Crippen LogP contribution in [0, 0.1) is 5.92 Å². The molecule has 0 unspecified atom stereocenters. The van der Waals surface area contributed by atoms with E-state index in [2.05, 4.69) is 61.8 Å². The number of nitrogens with one attached hydrogen (secondary N) is 1. The Balaban J connectivity index is 0.00000392. The van der Waals surface area contributed by atoms with Crippen LogP contribution in [0.25, 0.3) is 0 Å². The molecule has 28 heavy (non-hydrogen) atoms. The van der Waals surface area contributed by atoms with Crippen LogP contribution in [0.2, 0.25) is 0 Å². The summed E-state index contributed by atoms with van der Waals surface area (Å²) in [6.45, 7) is 12.7. The minimum absolute atomic E-state index is 0. The summed E-state index contributed by atoms with van der Waals surface area (Å²) in [6.07, 6.45) is 1.73. The van der Waals surface area contributed by atoms with Crippen LogP contribution in [0.4, 0.5) is 5.95 Å². The zero-order valence-corrected chi connectivity index (χ0v) is 21.1. The Morgan fingerprint density at radius 2 is 2.04 bits per heavy atom. The van der Waals surface area contributed by atoms with Crippen molar-refractivity contribution in [2.75, 3.05) is 64.5 Å². The van der Waals surface area contributed by atoms with Crippen LogP contribution in [0.5, 0.6) is 5.88 Å². The molecular formula is C18H32BrIN6O2. The molecule has 0 radical (unpaired) electrons. The summed E-state index contributed by atoms with van der Waals surface area (Å²) in [4.78, 5) is 18.0. The zero-order valence-electron chi connectivity index (χ0n) is 17.2. The molecule has 0 saturated carbocycles. The number of aromatic nitrogens is 2. The third-order valence-corrected chi connectivity index (χ3v) is 4.58. The lowest BCUT2D eigenvalue weighted by atomic mass is 10.2. The number of ether oxygens (including phenoxy) is 2. The van der Waals surface area contributed by atoms with Crippen LogP contribution in [-0.2, 0) is 4.74 Å². The molecule has 0 spiro atoms. The van der Waals surface area contributed by atoms with Gasteiger partial charge in [-0.05, 0) is 28.8 Å². The molecule has 0 aromatic carbocycles. The minimum Gasteiger partial charge on any atom is -0.480 e. The predicted octanol–water partition coefficient (Wildman–Crippen LogP) is 2.63. The van der Waals surface area contributed by atoms with Crippen LogP contribution in [0.15, 0.2) is 15.7 Å². The Kier molecular flexibility index (Phi) is 12.0. The van der Waals surface area contributed by atoms with E-state index in [1.54, 1.807) is 13.3 Å². The number of hydrogen-bond donors (Lipinski definition) is 1. The van der Waals surface area contributed by atoms with E-state index in [1.807, 2.05) is 0 Å². The molecule has 2 heterocycles. The lowest BCUT2D eigenvalue weighted by Gasteiger charge is -2.36. The highest BCUT2D eigenvalue weighted by atomic mass is 127. The maximum Gasteiger partial charge on any atom is 0.232 e. The van der Waals surface area contributed by atoms with E-state index >= 15 is 0 Å². The van der Waals surface area contributed by atoms with Gasteiger partial charge in [-0.1, -0.05) is 13.8 Å². The van der Waals surface area contributed by atoms with Gasteiger partial charge in [-0.25, -0.2) is 4.98 Å². The van der Waals surface area contributed by atoms with Crippen LogP contribution in [-0.4, -0.2) is 80.4 Å². The molecule has 1 fully saturated rings. The largest absolute Gasteiger partial charge is 0.480 e. The maximum absolute atomic E-state index is 5.62. The number of guanidine groups is 1. The summed E-state index contributed by atoms with van der Waals surface area (Å²) in [5.41, 5.74) is 0. The average molecular weight is 571 g/mol. The molecule has 0 bridgehead atoms. The van der Waals surface area contributed by atoms with Crippen molar-refractivity contribution in [1.29, 1.82) is 0 Å². The maximum atomic E-state index is 5.62. The molecule has 1 aliphatic rings. The number of piperazine rings is 1. The highest BCUT2D eigenvalue weighted by molar-refractivity contribution is 14.0. The third-order valence-electron chi connectivity index (χ3n) is 4.04. The number of aliphatic imine (C=N–C) groups is 1. The fourth-order valence-corrected chi connectivity index (χ4v) is 3.07. The Hall–Kier alpha value is -0.880. The zero-order chi connectivity index (χ0) is 19.6. The predicted molar refractivity (Wildman–Crippen MR) is 127 cm³/mol. The fraction of sp³-hybridized carbons (Fsp3) is 0.722. The SMILES string of the molecule is CCNC(=NCCOCC(C)C)N1CCN(c2ncc(Br)c(OC)n2)CC1.I. The second kappa shape index (κ2) is 13.4. The number of nitrogens with zero attached hydrogens (tertiary/aromatic N) is 5. The van der Waals surface area contributed by atoms with Crippen molar-refractivity contribution in [2.24, 2.45) is 10.9 Å². The van der Waals surface area contributed by atoms with Gasteiger partial charge in [0.05, 0.1) is 30.9 Å². The normalized spacial score (nSPS) is 14.9. The number of anilines is 1. The van der Waals surface area contributed by atoms with Gasteiger partial charge < -0.3 is 24.6 Å². The van der Waals surface area contributed by atoms with Gasteiger partial charge >= 0.3 is 0 Å². The average Bonchev–Trinajstić information content (AvgIpc) is 2.67. The molecule has 0 amide bonds. The van der Waals surface area contributed by atoms with E-state index in [4.69, 9.17) is 14.5 Å². The highest BCUT2D eigenvalue weighted by Crippen LogP contribution is 2.23. The quantitative estimate of drug-likeness (QED) is 0.223. The highest BCUT2D eigenvalue weighted by Gasteiger charge is 2.22.